The SMILES string of the molecule is CC(=O)Nc1cc(Cl)c(F)cc1NC(N)=S. The van der Waals surface area contributed by atoms with Crippen LogP contribution >= 0.6 is 23.8 Å². The first-order valence-corrected chi connectivity index (χ1v) is 5.02. The van der Waals surface area contributed by atoms with Crippen LogP contribution in [0, 0.1) is 5.82 Å². The second-order valence-electron chi connectivity index (χ2n) is 2.98. The van der Waals surface area contributed by atoms with Gasteiger partial charge in [0.2, 0.25) is 5.91 Å². The van der Waals surface area contributed by atoms with Gasteiger partial charge in [-0.05, 0) is 18.3 Å². The maximum absolute atomic E-state index is 13.2. The van der Waals surface area contributed by atoms with Gasteiger partial charge in [-0.3, -0.25) is 4.79 Å². The molecule has 4 N–H and O–H groups in total. The topological polar surface area (TPSA) is 67.2 Å². The lowest BCUT2D eigenvalue weighted by molar-refractivity contribution is -0.114. The Balaban J connectivity index is 3.15. The molecule has 16 heavy (non-hydrogen) atoms. The molecule has 4 nitrogen and oxygen atoms in total. The Bertz CT molecular complexity index is 412. The predicted molar refractivity (Wildman–Crippen MR) is 66.1 cm³/mol. The van der Waals surface area contributed by atoms with Gasteiger partial charge in [-0.15, -0.1) is 0 Å². The van der Waals surface area contributed by atoms with Crippen LogP contribution in [0.4, 0.5) is 15.8 Å². The van der Waals surface area contributed by atoms with Crippen molar-refractivity contribution in [1.29, 1.82) is 0 Å². The number of nitrogens with one attached hydrogen (secondary N) is 2. The molecule has 1 amide bonds. The number of amides is 1. The zero-order valence-corrected chi connectivity index (χ0v) is 9.88. The van der Waals surface area contributed by atoms with E-state index in [4.69, 9.17) is 17.3 Å². The zero-order chi connectivity index (χ0) is 12.3. The second kappa shape index (κ2) is 5.09. The Hall–Kier alpha value is -1.40. The van der Waals surface area contributed by atoms with Gasteiger partial charge in [-0.1, -0.05) is 11.6 Å². The fourth-order valence-corrected chi connectivity index (χ4v) is 1.35. The third kappa shape index (κ3) is 3.32. The summed E-state index contributed by atoms with van der Waals surface area (Å²) >= 11 is 10.2. The fraction of sp³-hybridized carbons (Fsp3) is 0.111. The van der Waals surface area contributed by atoms with Gasteiger partial charge in [0.15, 0.2) is 5.11 Å². The van der Waals surface area contributed by atoms with E-state index in [-0.39, 0.29) is 21.7 Å². The lowest BCUT2D eigenvalue weighted by Gasteiger charge is -2.12. The Kier molecular flexibility index (Phi) is 4.03. The Labute approximate surface area is 102 Å². The molecule has 0 aliphatic heterocycles. The van der Waals surface area contributed by atoms with Crippen molar-refractivity contribution in [3.05, 3.63) is 23.0 Å². The minimum Gasteiger partial charge on any atom is -0.376 e. The maximum atomic E-state index is 13.2. The smallest absolute Gasteiger partial charge is 0.221 e. The molecule has 0 radical (unpaired) electrons. The van der Waals surface area contributed by atoms with Gasteiger partial charge in [0.1, 0.15) is 5.82 Å². The Morgan fingerprint density at radius 1 is 1.44 bits per heavy atom. The summed E-state index contributed by atoms with van der Waals surface area (Å²) in [5, 5.41) is 4.89. The van der Waals surface area contributed by atoms with Crippen molar-refractivity contribution >= 4 is 46.2 Å². The first-order chi connectivity index (χ1) is 7.40. The molecule has 0 saturated heterocycles. The maximum Gasteiger partial charge on any atom is 0.221 e. The van der Waals surface area contributed by atoms with E-state index in [1.54, 1.807) is 0 Å². The number of hydrogen-bond acceptors (Lipinski definition) is 2. The van der Waals surface area contributed by atoms with Gasteiger partial charge in [0.25, 0.3) is 0 Å². The third-order valence-electron chi connectivity index (χ3n) is 1.63. The second-order valence-corrected chi connectivity index (χ2v) is 3.83. The van der Waals surface area contributed by atoms with Crippen LogP contribution in [-0.4, -0.2) is 11.0 Å². The van der Waals surface area contributed by atoms with Crippen LogP contribution < -0.4 is 16.4 Å². The molecule has 86 valence electrons. The molecule has 0 fully saturated rings. The number of carbonyl (C=O) groups excluding carboxylic acids is 1. The van der Waals surface area contributed by atoms with E-state index in [0.717, 1.165) is 6.07 Å². The number of benzene rings is 1. The molecule has 0 aliphatic rings. The van der Waals surface area contributed by atoms with E-state index in [1.807, 2.05) is 0 Å². The molecular formula is C9H9ClFN3OS. The quantitative estimate of drug-likeness (QED) is 0.713. The molecule has 0 heterocycles. The van der Waals surface area contributed by atoms with Crippen molar-refractivity contribution in [3.8, 4) is 0 Å². The number of carbonyl (C=O) groups is 1. The molecule has 1 aromatic carbocycles. The van der Waals surface area contributed by atoms with Crippen LogP contribution in [0.1, 0.15) is 6.92 Å². The molecule has 0 atom stereocenters. The summed E-state index contributed by atoms with van der Waals surface area (Å²) in [7, 11) is 0. The summed E-state index contributed by atoms with van der Waals surface area (Å²) < 4.78 is 13.2. The summed E-state index contributed by atoms with van der Waals surface area (Å²) in [6, 6.07) is 2.38. The van der Waals surface area contributed by atoms with Crippen LogP contribution in [0.2, 0.25) is 5.02 Å². The molecule has 7 heteroatoms. The van der Waals surface area contributed by atoms with Gasteiger partial charge in [-0.25, -0.2) is 4.39 Å². The van der Waals surface area contributed by atoms with Crippen molar-refractivity contribution in [2.75, 3.05) is 10.6 Å². The molecule has 0 bridgehead atoms. The summed E-state index contributed by atoms with van der Waals surface area (Å²) in [4.78, 5) is 10.9. The van der Waals surface area contributed by atoms with E-state index in [2.05, 4.69) is 22.9 Å². The average molecular weight is 262 g/mol. The number of thiocarbonyl (C=S) groups is 1. The minimum atomic E-state index is -0.630. The first-order valence-electron chi connectivity index (χ1n) is 4.23. The number of nitrogens with two attached hydrogens (primary N) is 1. The van der Waals surface area contributed by atoms with E-state index in [1.165, 1.54) is 13.0 Å². The van der Waals surface area contributed by atoms with Crippen LogP contribution in [0.15, 0.2) is 12.1 Å². The molecule has 1 aromatic rings. The molecule has 1 rings (SSSR count). The highest BCUT2D eigenvalue weighted by molar-refractivity contribution is 7.80. The van der Waals surface area contributed by atoms with Crippen LogP contribution in [0.5, 0.6) is 0 Å². The third-order valence-corrected chi connectivity index (χ3v) is 2.02. The highest BCUT2D eigenvalue weighted by Crippen LogP contribution is 2.28. The van der Waals surface area contributed by atoms with E-state index >= 15 is 0 Å². The molecular weight excluding hydrogens is 253 g/mol. The monoisotopic (exact) mass is 261 g/mol. The van der Waals surface area contributed by atoms with Crippen molar-refractivity contribution in [1.82, 2.24) is 0 Å². The highest BCUT2D eigenvalue weighted by atomic mass is 35.5. The Morgan fingerprint density at radius 2 is 2.00 bits per heavy atom. The van der Waals surface area contributed by atoms with E-state index in [0.29, 0.717) is 5.69 Å². The van der Waals surface area contributed by atoms with Gasteiger partial charge >= 0.3 is 0 Å². The summed E-state index contributed by atoms with van der Waals surface area (Å²) in [6.45, 7) is 1.32. The summed E-state index contributed by atoms with van der Waals surface area (Å²) in [6.07, 6.45) is 0. The van der Waals surface area contributed by atoms with E-state index < -0.39 is 5.82 Å². The minimum absolute atomic E-state index is 0.0340. The number of halogens is 2. The van der Waals surface area contributed by atoms with Crippen LogP contribution in [0.25, 0.3) is 0 Å². The molecule has 0 aliphatic carbocycles. The lowest BCUT2D eigenvalue weighted by Crippen LogP contribution is -2.20. The Morgan fingerprint density at radius 3 is 2.50 bits per heavy atom. The summed E-state index contributed by atoms with van der Waals surface area (Å²) in [5.74, 6) is -0.941. The number of hydrogen-bond donors (Lipinski definition) is 3. The largest absolute Gasteiger partial charge is 0.376 e. The normalized spacial score (nSPS) is 9.69. The molecule has 0 aromatic heterocycles. The van der Waals surface area contributed by atoms with Gasteiger partial charge in [-0.2, -0.15) is 0 Å². The summed E-state index contributed by atoms with van der Waals surface area (Å²) in [5.41, 5.74) is 5.83. The van der Waals surface area contributed by atoms with Gasteiger partial charge in [0, 0.05) is 13.0 Å². The average Bonchev–Trinajstić information content (AvgIpc) is 2.11. The number of rotatable bonds is 2. The number of anilines is 2. The van der Waals surface area contributed by atoms with Crippen LogP contribution in [0.3, 0.4) is 0 Å². The van der Waals surface area contributed by atoms with Crippen molar-refractivity contribution in [2.45, 2.75) is 6.92 Å². The van der Waals surface area contributed by atoms with Gasteiger partial charge in [0.05, 0.1) is 16.4 Å². The molecule has 0 saturated carbocycles. The van der Waals surface area contributed by atoms with Crippen molar-refractivity contribution < 1.29 is 9.18 Å². The van der Waals surface area contributed by atoms with Crippen molar-refractivity contribution in [2.24, 2.45) is 5.73 Å². The standard InChI is InChI=1S/C9H9ClFN3OS/c1-4(15)13-7-2-5(10)6(11)3-8(7)14-9(12)16/h2-3H,1H3,(H,13,15)(H3,12,14,16). The van der Waals surface area contributed by atoms with E-state index in [9.17, 15) is 9.18 Å². The predicted octanol–water partition coefficient (Wildman–Crippen LogP) is 2.09. The highest BCUT2D eigenvalue weighted by Gasteiger charge is 2.10. The van der Waals surface area contributed by atoms with Crippen LogP contribution in [-0.2, 0) is 4.79 Å². The zero-order valence-electron chi connectivity index (χ0n) is 8.30. The lowest BCUT2D eigenvalue weighted by atomic mass is 10.2. The van der Waals surface area contributed by atoms with Crippen molar-refractivity contribution in [3.63, 3.8) is 0 Å². The first kappa shape index (κ1) is 12.7. The molecule has 0 unspecified atom stereocenters. The molecule has 0 spiro atoms. The van der Waals surface area contributed by atoms with Gasteiger partial charge < -0.3 is 16.4 Å². The fourth-order valence-electron chi connectivity index (χ4n) is 1.08.